The zero-order chi connectivity index (χ0) is 13.1. The Morgan fingerprint density at radius 3 is 2.47 bits per heavy atom. The lowest BCUT2D eigenvalue weighted by atomic mass is 9.92. The Hall–Kier alpha value is -1.51. The lowest BCUT2D eigenvalue weighted by molar-refractivity contribution is 0.1000. The Labute approximate surface area is 103 Å². The van der Waals surface area contributed by atoms with Crippen LogP contribution in [0.5, 0.6) is 0 Å². The van der Waals surface area contributed by atoms with Gasteiger partial charge in [-0.3, -0.25) is 4.79 Å². The molecule has 0 aromatic heterocycles. The molecule has 17 heavy (non-hydrogen) atoms. The molecular weight excluding hydrogens is 212 g/mol. The van der Waals surface area contributed by atoms with Crippen LogP contribution in [0.2, 0.25) is 0 Å². The second-order valence-electron chi connectivity index (χ2n) is 5.63. The smallest absolute Gasteiger partial charge is 0.248 e. The number of benzene rings is 1. The highest BCUT2D eigenvalue weighted by molar-refractivity contribution is 5.93. The first-order valence-corrected chi connectivity index (χ1v) is 5.94. The fourth-order valence-electron chi connectivity index (χ4n) is 1.59. The van der Waals surface area contributed by atoms with Crippen LogP contribution in [0.25, 0.3) is 0 Å². The molecule has 0 heterocycles. The van der Waals surface area contributed by atoms with Crippen molar-refractivity contribution in [3.05, 3.63) is 29.3 Å². The standard InChI is InChI=1S/C14H22N2O/c1-10-9-11(13(15)17)5-6-12(10)16-8-7-14(2,3)4/h5-6,9,16H,7-8H2,1-4H3,(H2,15,17). The third-order valence-electron chi connectivity index (χ3n) is 2.70. The number of aryl methyl sites for hydroxylation is 1. The lowest BCUT2D eigenvalue weighted by Crippen LogP contribution is -2.14. The van der Waals surface area contributed by atoms with Gasteiger partial charge in [-0.1, -0.05) is 20.8 Å². The number of amides is 1. The van der Waals surface area contributed by atoms with Crippen molar-refractivity contribution < 1.29 is 4.79 Å². The molecule has 0 radical (unpaired) electrons. The fourth-order valence-corrected chi connectivity index (χ4v) is 1.59. The van der Waals surface area contributed by atoms with E-state index in [1.165, 1.54) is 0 Å². The number of carbonyl (C=O) groups is 1. The Morgan fingerprint density at radius 2 is 2.00 bits per heavy atom. The van der Waals surface area contributed by atoms with Crippen molar-refractivity contribution in [3.63, 3.8) is 0 Å². The summed E-state index contributed by atoms with van der Waals surface area (Å²) in [6.07, 6.45) is 1.10. The second-order valence-corrected chi connectivity index (χ2v) is 5.63. The van der Waals surface area contributed by atoms with E-state index in [2.05, 4.69) is 26.1 Å². The molecule has 0 aliphatic heterocycles. The first-order chi connectivity index (χ1) is 7.79. The van der Waals surface area contributed by atoms with Gasteiger partial charge in [-0.2, -0.15) is 0 Å². The zero-order valence-electron chi connectivity index (χ0n) is 11.1. The van der Waals surface area contributed by atoms with Gasteiger partial charge in [0.2, 0.25) is 5.91 Å². The van der Waals surface area contributed by atoms with Gasteiger partial charge in [0.05, 0.1) is 0 Å². The van der Waals surface area contributed by atoms with Gasteiger partial charge in [0.25, 0.3) is 0 Å². The summed E-state index contributed by atoms with van der Waals surface area (Å²) in [6.45, 7) is 9.57. The Morgan fingerprint density at radius 1 is 1.35 bits per heavy atom. The molecule has 3 N–H and O–H groups in total. The minimum atomic E-state index is -0.380. The SMILES string of the molecule is Cc1cc(C(N)=O)ccc1NCCC(C)(C)C. The normalized spacial score (nSPS) is 11.3. The van der Waals surface area contributed by atoms with E-state index in [-0.39, 0.29) is 5.91 Å². The molecule has 1 aromatic carbocycles. The molecule has 1 rings (SSSR count). The van der Waals surface area contributed by atoms with E-state index in [9.17, 15) is 4.79 Å². The van der Waals surface area contributed by atoms with Crippen LogP contribution in [0.15, 0.2) is 18.2 Å². The summed E-state index contributed by atoms with van der Waals surface area (Å²) in [5.74, 6) is -0.380. The van der Waals surface area contributed by atoms with Crippen molar-refractivity contribution in [2.45, 2.75) is 34.1 Å². The Kier molecular flexibility index (Phi) is 4.16. The third-order valence-corrected chi connectivity index (χ3v) is 2.70. The first kappa shape index (κ1) is 13.6. The quantitative estimate of drug-likeness (QED) is 0.841. The van der Waals surface area contributed by atoms with Crippen LogP contribution in [0.1, 0.15) is 43.1 Å². The number of primary amides is 1. The molecule has 3 heteroatoms. The van der Waals surface area contributed by atoms with E-state index in [1.54, 1.807) is 6.07 Å². The van der Waals surface area contributed by atoms with Crippen molar-refractivity contribution in [2.24, 2.45) is 11.1 Å². The number of nitrogens with two attached hydrogens (primary N) is 1. The number of rotatable bonds is 4. The van der Waals surface area contributed by atoms with Gasteiger partial charge in [0.15, 0.2) is 0 Å². The molecule has 94 valence electrons. The molecule has 0 saturated heterocycles. The topological polar surface area (TPSA) is 55.1 Å². The Bertz CT molecular complexity index is 405. The van der Waals surface area contributed by atoms with Crippen LogP contribution in [0, 0.1) is 12.3 Å². The molecule has 0 fully saturated rings. The van der Waals surface area contributed by atoms with E-state index in [0.717, 1.165) is 24.2 Å². The monoisotopic (exact) mass is 234 g/mol. The van der Waals surface area contributed by atoms with E-state index in [4.69, 9.17) is 5.73 Å². The Balaban J connectivity index is 2.64. The minimum absolute atomic E-state index is 0.327. The summed E-state index contributed by atoms with van der Waals surface area (Å²) in [5.41, 5.74) is 8.24. The molecule has 0 unspecified atom stereocenters. The van der Waals surface area contributed by atoms with Gasteiger partial charge < -0.3 is 11.1 Å². The van der Waals surface area contributed by atoms with Gasteiger partial charge in [0, 0.05) is 17.8 Å². The van der Waals surface area contributed by atoms with Gasteiger partial charge in [-0.05, 0) is 42.5 Å². The van der Waals surface area contributed by atoms with Crippen molar-refractivity contribution in [2.75, 3.05) is 11.9 Å². The predicted octanol–water partition coefficient (Wildman–Crippen LogP) is 2.94. The summed E-state index contributed by atoms with van der Waals surface area (Å²) < 4.78 is 0. The number of anilines is 1. The van der Waals surface area contributed by atoms with E-state index in [0.29, 0.717) is 11.0 Å². The van der Waals surface area contributed by atoms with Gasteiger partial charge in [-0.15, -0.1) is 0 Å². The molecule has 1 amide bonds. The third kappa shape index (κ3) is 4.47. The van der Waals surface area contributed by atoms with Crippen LogP contribution >= 0.6 is 0 Å². The van der Waals surface area contributed by atoms with Crippen molar-refractivity contribution in [1.82, 2.24) is 0 Å². The first-order valence-electron chi connectivity index (χ1n) is 5.94. The molecule has 0 atom stereocenters. The lowest BCUT2D eigenvalue weighted by Gasteiger charge is -2.19. The number of hydrogen-bond donors (Lipinski definition) is 2. The van der Waals surface area contributed by atoms with Crippen LogP contribution in [0.4, 0.5) is 5.69 Å². The molecule has 0 bridgehead atoms. The maximum Gasteiger partial charge on any atom is 0.248 e. The fraction of sp³-hybridized carbons (Fsp3) is 0.500. The maximum atomic E-state index is 11.0. The summed E-state index contributed by atoms with van der Waals surface area (Å²) in [6, 6.07) is 5.49. The molecule has 0 spiro atoms. The van der Waals surface area contributed by atoms with Crippen molar-refractivity contribution in [3.8, 4) is 0 Å². The summed E-state index contributed by atoms with van der Waals surface area (Å²) >= 11 is 0. The highest BCUT2D eigenvalue weighted by atomic mass is 16.1. The van der Waals surface area contributed by atoms with Gasteiger partial charge in [-0.25, -0.2) is 0 Å². The van der Waals surface area contributed by atoms with Crippen LogP contribution < -0.4 is 11.1 Å². The van der Waals surface area contributed by atoms with Crippen LogP contribution in [0.3, 0.4) is 0 Å². The van der Waals surface area contributed by atoms with Gasteiger partial charge >= 0.3 is 0 Å². The predicted molar refractivity (Wildman–Crippen MR) is 72.3 cm³/mol. The van der Waals surface area contributed by atoms with Crippen molar-refractivity contribution in [1.29, 1.82) is 0 Å². The van der Waals surface area contributed by atoms with E-state index >= 15 is 0 Å². The van der Waals surface area contributed by atoms with Gasteiger partial charge in [0.1, 0.15) is 0 Å². The molecular formula is C14H22N2O. The molecule has 0 aliphatic carbocycles. The van der Waals surface area contributed by atoms with Crippen LogP contribution in [-0.2, 0) is 0 Å². The van der Waals surface area contributed by atoms with E-state index < -0.39 is 0 Å². The number of hydrogen-bond acceptors (Lipinski definition) is 2. The summed E-state index contributed by atoms with van der Waals surface area (Å²) in [5, 5.41) is 3.38. The molecule has 0 saturated carbocycles. The summed E-state index contributed by atoms with van der Waals surface area (Å²) in [7, 11) is 0. The molecule has 1 aromatic rings. The number of carbonyl (C=O) groups excluding carboxylic acids is 1. The maximum absolute atomic E-state index is 11.0. The average molecular weight is 234 g/mol. The molecule has 3 nitrogen and oxygen atoms in total. The average Bonchev–Trinajstić information content (AvgIpc) is 2.18. The second kappa shape index (κ2) is 5.21. The van der Waals surface area contributed by atoms with Crippen molar-refractivity contribution >= 4 is 11.6 Å². The largest absolute Gasteiger partial charge is 0.385 e. The molecule has 0 aliphatic rings. The highest BCUT2D eigenvalue weighted by Gasteiger charge is 2.09. The highest BCUT2D eigenvalue weighted by Crippen LogP contribution is 2.20. The van der Waals surface area contributed by atoms with E-state index in [1.807, 2.05) is 19.1 Å². The summed E-state index contributed by atoms with van der Waals surface area (Å²) in [4.78, 5) is 11.0. The number of nitrogens with one attached hydrogen (secondary N) is 1. The minimum Gasteiger partial charge on any atom is -0.385 e. The van der Waals surface area contributed by atoms with Crippen LogP contribution in [-0.4, -0.2) is 12.5 Å². The zero-order valence-corrected chi connectivity index (χ0v) is 11.1.